The van der Waals surface area contributed by atoms with E-state index in [0.29, 0.717) is 12.0 Å². The van der Waals surface area contributed by atoms with Crippen LogP contribution in [0.1, 0.15) is 41.7 Å². The number of aromatic nitrogens is 3. The Morgan fingerprint density at radius 3 is 2.61 bits per heavy atom. The molecule has 1 aliphatic rings. The predicted octanol–water partition coefficient (Wildman–Crippen LogP) is 2.41. The first-order valence-electron chi connectivity index (χ1n) is 8.72. The normalized spacial score (nSPS) is 19.9. The zero-order chi connectivity index (χ0) is 20.3. The third kappa shape index (κ3) is 4.66. The van der Waals surface area contributed by atoms with Crippen LogP contribution in [0.15, 0.2) is 24.7 Å². The molecule has 2 atom stereocenters. The number of hydrogen-bond donors (Lipinski definition) is 4. The van der Waals surface area contributed by atoms with Crippen LogP contribution >= 0.6 is 0 Å². The van der Waals surface area contributed by atoms with Gasteiger partial charge in [-0.3, -0.25) is 9.78 Å². The highest BCUT2D eigenvalue weighted by atomic mass is 19.4. The molecule has 2 aromatic heterocycles. The van der Waals surface area contributed by atoms with Crippen LogP contribution in [-0.2, 0) is 6.18 Å². The van der Waals surface area contributed by atoms with Gasteiger partial charge in [-0.1, -0.05) is 12.8 Å². The predicted molar refractivity (Wildman–Crippen MR) is 96.9 cm³/mol. The Kier molecular flexibility index (Phi) is 5.63. The summed E-state index contributed by atoms with van der Waals surface area (Å²) in [5.41, 5.74) is 10.3. The van der Waals surface area contributed by atoms with Crippen LogP contribution in [0.2, 0.25) is 0 Å². The number of amides is 1. The average Bonchev–Trinajstić information content (AvgIpc) is 2.63. The summed E-state index contributed by atoms with van der Waals surface area (Å²) in [4.78, 5) is 23.5. The van der Waals surface area contributed by atoms with Gasteiger partial charge in [0.1, 0.15) is 5.82 Å². The van der Waals surface area contributed by atoms with E-state index in [1.165, 1.54) is 12.4 Å². The zero-order valence-electron chi connectivity index (χ0n) is 14.8. The molecule has 0 radical (unpaired) electrons. The molecule has 1 aliphatic carbocycles. The summed E-state index contributed by atoms with van der Waals surface area (Å²) >= 11 is 0. The summed E-state index contributed by atoms with van der Waals surface area (Å²) in [7, 11) is 0. The van der Waals surface area contributed by atoms with E-state index in [4.69, 9.17) is 11.5 Å². The molecular formula is C17H20F3N7O. The van der Waals surface area contributed by atoms with Gasteiger partial charge >= 0.3 is 6.18 Å². The molecule has 0 aliphatic heterocycles. The van der Waals surface area contributed by atoms with Crippen molar-refractivity contribution in [1.29, 1.82) is 0 Å². The molecule has 3 rings (SSSR count). The minimum absolute atomic E-state index is 0.00172. The molecule has 0 aromatic carbocycles. The second-order valence-electron chi connectivity index (χ2n) is 6.60. The molecule has 1 saturated carbocycles. The van der Waals surface area contributed by atoms with Crippen molar-refractivity contribution in [3.05, 3.63) is 35.9 Å². The van der Waals surface area contributed by atoms with Gasteiger partial charge in [0, 0.05) is 18.3 Å². The maximum atomic E-state index is 12.9. The second-order valence-corrected chi connectivity index (χ2v) is 6.60. The largest absolute Gasteiger partial charge is 0.417 e. The molecule has 150 valence electrons. The van der Waals surface area contributed by atoms with Crippen LogP contribution < -0.4 is 22.1 Å². The van der Waals surface area contributed by atoms with E-state index in [2.05, 4.69) is 25.6 Å². The molecule has 2 unspecified atom stereocenters. The molecule has 0 saturated heterocycles. The number of alkyl halides is 3. The Morgan fingerprint density at radius 1 is 1.18 bits per heavy atom. The molecule has 2 aromatic rings. The minimum atomic E-state index is -4.55. The van der Waals surface area contributed by atoms with Crippen LogP contribution in [0.5, 0.6) is 0 Å². The fraction of sp³-hybridized carbons (Fsp3) is 0.412. The van der Waals surface area contributed by atoms with Crippen LogP contribution in [0.3, 0.4) is 0 Å². The van der Waals surface area contributed by atoms with Gasteiger partial charge in [0.25, 0.3) is 5.91 Å². The van der Waals surface area contributed by atoms with Gasteiger partial charge in [0.15, 0.2) is 11.5 Å². The van der Waals surface area contributed by atoms with Crippen molar-refractivity contribution in [2.75, 3.05) is 10.6 Å². The number of anilines is 3. The summed E-state index contributed by atoms with van der Waals surface area (Å²) in [5, 5.41) is 5.82. The van der Waals surface area contributed by atoms with E-state index in [9.17, 15) is 18.0 Å². The first kappa shape index (κ1) is 19.8. The minimum Gasteiger partial charge on any atom is -0.364 e. The maximum absolute atomic E-state index is 12.9. The molecule has 28 heavy (non-hydrogen) atoms. The third-order valence-corrected chi connectivity index (χ3v) is 4.49. The van der Waals surface area contributed by atoms with Crippen molar-refractivity contribution in [3.8, 4) is 0 Å². The highest BCUT2D eigenvalue weighted by molar-refractivity contribution is 5.96. The van der Waals surface area contributed by atoms with Crippen molar-refractivity contribution >= 4 is 23.2 Å². The monoisotopic (exact) mass is 395 g/mol. The van der Waals surface area contributed by atoms with E-state index in [1.807, 2.05) is 0 Å². The topological polar surface area (TPSA) is 132 Å². The Labute approximate surface area is 158 Å². The first-order chi connectivity index (χ1) is 13.2. The van der Waals surface area contributed by atoms with E-state index in [-0.39, 0.29) is 29.3 Å². The number of nitrogens with one attached hydrogen (secondary N) is 2. The first-order valence-corrected chi connectivity index (χ1v) is 8.72. The third-order valence-electron chi connectivity index (χ3n) is 4.49. The smallest absolute Gasteiger partial charge is 0.364 e. The van der Waals surface area contributed by atoms with Gasteiger partial charge in [-0.25, -0.2) is 9.97 Å². The quantitative estimate of drug-likeness (QED) is 0.611. The highest BCUT2D eigenvalue weighted by Crippen LogP contribution is 2.31. The molecule has 6 N–H and O–H groups in total. The summed E-state index contributed by atoms with van der Waals surface area (Å²) in [6.45, 7) is 0. The fourth-order valence-electron chi connectivity index (χ4n) is 3.05. The van der Waals surface area contributed by atoms with Gasteiger partial charge in [-0.05, 0) is 18.9 Å². The highest BCUT2D eigenvalue weighted by Gasteiger charge is 2.31. The molecule has 2 heterocycles. The van der Waals surface area contributed by atoms with Gasteiger partial charge < -0.3 is 22.1 Å². The number of hydrogen-bond acceptors (Lipinski definition) is 7. The summed E-state index contributed by atoms with van der Waals surface area (Å²) in [5.74, 6) is -0.589. The molecule has 0 bridgehead atoms. The molecule has 8 nitrogen and oxygen atoms in total. The molecule has 11 heteroatoms. The summed E-state index contributed by atoms with van der Waals surface area (Å²) in [6, 6.07) is 0.803. The lowest BCUT2D eigenvalue weighted by Crippen LogP contribution is -2.42. The van der Waals surface area contributed by atoms with Gasteiger partial charge in [0.2, 0.25) is 0 Å². The number of halogens is 3. The second kappa shape index (κ2) is 7.97. The standard InChI is InChI=1S/C17H20F3N7O/c18-17(19,20)9-5-10(7-23-6-9)25-16-14(15(22)28)24-8-13(27-16)26-12-4-2-1-3-11(12)21/h5-8,11-12H,1-4,21H2,(H2,22,28)(H2,25,26,27). The summed E-state index contributed by atoms with van der Waals surface area (Å²) in [6.07, 6.45) is 2.50. The summed E-state index contributed by atoms with van der Waals surface area (Å²) < 4.78 is 38.7. The molecule has 1 fully saturated rings. The van der Waals surface area contributed by atoms with E-state index < -0.39 is 17.6 Å². The van der Waals surface area contributed by atoms with Gasteiger partial charge in [-0.2, -0.15) is 13.2 Å². The molecule has 1 amide bonds. The lowest BCUT2D eigenvalue weighted by molar-refractivity contribution is -0.137. The Bertz CT molecular complexity index is 859. The number of nitrogens with two attached hydrogens (primary N) is 2. The molecular weight excluding hydrogens is 375 g/mol. The maximum Gasteiger partial charge on any atom is 0.417 e. The van der Waals surface area contributed by atoms with Crippen molar-refractivity contribution in [2.24, 2.45) is 11.5 Å². The lowest BCUT2D eigenvalue weighted by Gasteiger charge is -2.29. The zero-order valence-corrected chi connectivity index (χ0v) is 14.8. The number of carbonyl (C=O) groups is 1. The Morgan fingerprint density at radius 2 is 1.93 bits per heavy atom. The van der Waals surface area contributed by atoms with Gasteiger partial charge in [-0.15, -0.1) is 0 Å². The van der Waals surface area contributed by atoms with Crippen molar-refractivity contribution < 1.29 is 18.0 Å². The van der Waals surface area contributed by atoms with E-state index in [0.717, 1.165) is 31.7 Å². The SMILES string of the molecule is NC(=O)c1ncc(NC2CCCCC2N)nc1Nc1cncc(C(F)(F)F)c1. The number of pyridine rings is 1. The van der Waals surface area contributed by atoms with Gasteiger partial charge in [0.05, 0.1) is 23.6 Å². The van der Waals surface area contributed by atoms with Crippen molar-refractivity contribution in [2.45, 2.75) is 43.9 Å². The van der Waals surface area contributed by atoms with Crippen LogP contribution in [-0.4, -0.2) is 32.9 Å². The Balaban J connectivity index is 1.87. The van der Waals surface area contributed by atoms with Crippen LogP contribution in [0.4, 0.5) is 30.5 Å². The van der Waals surface area contributed by atoms with E-state index >= 15 is 0 Å². The number of carbonyl (C=O) groups excluding carboxylic acids is 1. The Hall–Kier alpha value is -2.95. The number of nitrogens with zero attached hydrogens (tertiary/aromatic N) is 3. The van der Waals surface area contributed by atoms with Crippen LogP contribution in [0.25, 0.3) is 0 Å². The lowest BCUT2D eigenvalue weighted by atomic mass is 9.91. The molecule has 0 spiro atoms. The van der Waals surface area contributed by atoms with Crippen molar-refractivity contribution in [3.63, 3.8) is 0 Å². The number of rotatable bonds is 5. The number of primary amides is 1. The van der Waals surface area contributed by atoms with Crippen molar-refractivity contribution in [1.82, 2.24) is 15.0 Å². The van der Waals surface area contributed by atoms with E-state index in [1.54, 1.807) is 0 Å². The average molecular weight is 395 g/mol. The fourth-order valence-corrected chi connectivity index (χ4v) is 3.05. The van der Waals surface area contributed by atoms with Crippen LogP contribution in [0, 0.1) is 0 Å².